The van der Waals surface area contributed by atoms with E-state index in [9.17, 15) is 8.42 Å². The van der Waals surface area contributed by atoms with Gasteiger partial charge in [-0.15, -0.1) is 0 Å². The molecule has 142 valence electrons. The van der Waals surface area contributed by atoms with E-state index >= 15 is 0 Å². The molecule has 0 spiro atoms. The summed E-state index contributed by atoms with van der Waals surface area (Å²) >= 11 is 0. The quantitative estimate of drug-likeness (QED) is 0.670. The van der Waals surface area contributed by atoms with Gasteiger partial charge in [-0.1, -0.05) is 12.1 Å². The van der Waals surface area contributed by atoms with Crippen molar-refractivity contribution in [1.82, 2.24) is 14.7 Å². The average Bonchev–Trinajstić information content (AvgIpc) is 2.67. The van der Waals surface area contributed by atoms with Crippen LogP contribution in [0.25, 0.3) is 11.0 Å². The highest BCUT2D eigenvalue weighted by Crippen LogP contribution is 2.29. The molecule has 0 radical (unpaired) electrons. The van der Waals surface area contributed by atoms with Gasteiger partial charge in [-0.05, 0) is 31.2 Å². The maximum atomic E-state index is 12.5. The monoisotopic (exact) mass is 387 g/mol. The van der Waals surface area contributed by atoms with Gasteiger partial charge in [0.2, 0.25) is 10.0 Å². The first kappa shape index (κ1) is 19.1. The maximum absolute atomic E-state index is 12.5. The molecule has 27 heavy (non-hydrogen) atoms. The lowest BCUT2D eigenvalue weighted by atomic mass is 10.2. The summed E-state index contributed by atoms with van der Waals surface area (Å²) in [6.07, 6.45) is 0.441. The molecule has 7 nitrogen and oxygen atoms in total. The number of methoxy groups -OCH3 is 2. The molecule has 0 fully saturated rings. The Morgan fingerprint density at radius 2 is 1.63 bits per heavy atom. The van der Waals surface area contributed by atoms with Crippen molar-refractivity contribution in [3.8, 4) is 11.5 Å². The van der Waals surface area contributed by atoms with Crippen LogP contribution in [0.1, 0.15) is 11.4 Å². The van der Waals surface area contributed by atoms with E-state index in [0.29, 0.717) is 17.9 Å². The molecule has 2 aromatic carbocycles. The van der Waals surface area contributed by atoms with E-state index in [0.717, 1.165) is 22.4 Å². The molecule has 8 heteroatoms. The molecule has 0 aliphatic rings. The van der Waals surface area contributed by atoms with E-state index < -0.39 is 10.0 Å². The molecule has 0 amide bonds. The fraction of sp³-hybridized carbons (Fsp3) is 0.263. The van der Waals surface area contributed by atoms with Crippen molar-refractivity contribution in [3.63, 3.8) is 0 Å². The number of aryl methyl sites for hydroxylation is 1. The molecule has 1 aromatic heterocycles. The van der Waals surface area contributed by atoms with Crippen LogP contribution in [0.15, 0.2) is 47.4 Å². The second-order valence-corrected chi connectivity index (χ2v) is 7.68. The molecule has 0 aliphatic carbocycles. The Morgan fingerprint density at radius 3 is 2.30 bits per heavy atom. The van der Waals surface area contributed by atoms with Crippen LogP contribution in [0, 0.1) is 6.92 Å². The summed E-state index contributed by atoms with van der Waals surface area (Å²) in [7, 11) is -0.719. The lowest BCUT2D eigenvalue weighted by Gasteiger charge is -2.11. The van der Waals surface area contributed by atoms with Crippen molar-refractivity contribution in [3.05, 3.63) is 53.9 Å². The van der Waals surface area contributed by atoms with Crippen molar-refractivity contribution in [2.24, 2.45) is 0 Å². The molecule has 0 aliphatic heterocycles. The summed E-state index contributed by atoms with van der Waals surface area (Å²) in [6.45, 7) is 2.09. The van der Waals surface area contributed by atoms with Crippen molar-refractivity contribution in [1.29, 1.82) is 0 Å². The van der Waals surface area contributed by atoms with Crippen LogP contribution < -0.4 is 14.2 Å². The van der Waals surface area contributed by atoms with Crippen LogP contribution in [0.2, 0.25) is 0 Å². The zero-order valence-electron chi connectivity index (χ0n) is 15.4. The number of sulfonamides is 1. The molecule has 0 unspecified atom stereocenters. The van der Waals surface area contributed by atoms with Gasteiger partial charge in [0.15, 0.2) is 11.5 Å². The standard InChI is InChI=1S/C19H21N3O4S/c1-13-15(22-17-7-5-4-6-16(17)21-13)10-11-20-27(23,24)14-8-9-18(25-2)19(12-14)26-3/h4-9,12,20H,10-11H2,1-3H3. The fourth-order valence-corrected chi connectivity index (χ4v) is 3.78. The molecule has 0 bridgehead atoms. The number of fused-ring (bicyclic) bond motifs is 1. The van der Waals surface area contributed by atoms with Crippen LogP contribution in [0.5, 0.6) is 11.5 Å². The lowest BCUT2D eigenvalue weighted by Crippen LogP contribution is -2.26. The highest BCUT2D eigenvalue weighted by atomic mass is 32.2. The molecule has 0 saturated heterocycles. The Balaban J connectivity index is 1.74. The molecule has 1 heterocycles. The molecule has 0 atom stereocenters. The van der Waals surface area contributed by atoms with Gasteiger partial charge in [-0.25, -0.2) is 23.1 Å². The summed E-state index contributed by atoms with van der Waals surface area (Å²) in [5, 5.41) is 0. The number of benzene rings is 2. The highest BCUT2D eigenvalue weighted by molar-refractivity contribution is 7.89. The molecule has 0 saturated carbocycles. The van der Waals surface area contributed by atoms with Gasteiger partial charge in [-0.2, -0.15) is 0 Å². The van der Waals surface area contributed by atoms with Crippen molar-refractivity contribution < 1.29 is 17.9 Å². The SMILES string of the molecule is COc1ccc(S(=O)(=O)NCCc2nc3ccccc3nc2C)cc1OC. The Labute approximate surface area is 158 Å². The number of nitrogens with zero attached hydrogens (tertiary/aromatic N) is 2. The number of ether oxygens (including phenoxy) is 2. The minimum Gasteiger partial charge on any atom is -0.493 e. The lowest BCUT2D eigenvalue weighted by molar-refractivity contribution is 0.354. The van der Waals surface area contributed by atoms with E-state index in [1.165, 1.54) is 26.4 Å². The van der Waals surface area contributed by atoms with Gasteiger partial charge in [0.25, 0.3) is 0 Å². The third kappa shape index (κ3) is 4.17. The number of hydrogen-bond donors (Lipinski definition) is 1. The van der Waals surface area contributed by atoms with E-state index in [2.05, 4.69) is 14.7 Å². The minimum atomic E-state index is -3.68. The third-order valence-corrected chi connectivity index (χ3v) is 5.62. The van der Waals surface area contributed by atoms with E-state index in [1.807, 2.05) is 31.2 Å². The summed E-state index contributed by atoms with van der Waals surface area (Å²) in [6, 6.07) is 12.1. The Morgan fingerprint density at radius 1 is 0.963 bits per heavy atom. The molecule has 3 rings (SSSR count). The van der Waals surface area contributed by atoms with Crippen LogP contribution in [-0.4, -0.2) is 39.2 Å². The van der Waals surface area contributed by atoms with Crippen LogP contribution in [-0.2, 0) is 16.4 Å². The molecular weight excluding hydrogens is 366 g/mol. The average molecular weight is 387 g/mol. The predicted octanol–water partition coefficient (Wildman–Crippen LogP) is 2.48. The van der Waals surface area contributed by atoms with Gasteiger partial charge < -0.3 is 9.47 Å². The topological polar surface area (TPSA) is 90.4 Å². The van der Waals surface area contributed by atoms with Gasteiger partial charge in [0, 0.05) is 19.0 Å². The van der Waals surface area contributed by atoms with E-state index in [-0.39, 0.29) is 11.4 Å². The number of para-hydroxylation sites is 2. The first-order chi connectivity index (χ1) is 12.9. The Bertz CT molecular complexity index is 1070. The number of hydrogen-bond acceptors (Lipinski definition) is 6. The van der Waals surface area contributed by atoms with Crippen LogP contribution in [0.3, 0.4) is 0 Å². The zero-order valence-corrected chi connectivity index (χ0v) is 16.2. The first-order valence-electron chi connectivity index (χ1n) is 8.38. The first-order valence-corrected chi connectivity index (χ1v) is 9.87. The van der Waals surface area contributed by atoms with Crippen molar-refractivity contribution in [2.45, 2.75) is 18.2 Å². The Kier molecular flexibility index (Phi) is 5.57. The third-order valence-electron chi connectivity index (χ3n) is 4.16. The van der Waals surface area contributed by atoms with Crippen LogP contribution >= 0.6 is 0 Å². The number of aromatic nitrogens is 2. The number of rotatable bonds is 7. The molecule has 1 N–H and O–H groups in total. The highest BCUT2D eigenvalue weighted by Gasteiger charge is 2.17. The van der Waals surface area contributed by atoms with Gasteiger partial charge in [0.1, 0.15) is 0 Å². The van der Waals surface area contributed by atoms with Crippen LogP contribution in [0.4, 0.5) is 0 Å². The van der Waals surface area contributed by atoms with Crippen molar-refractivity contribution in [2.75, 3.05) is 20.8 Å². The molecule has 3 aromatic rings. The van der Waals surface area contributed by atoms with Gasteiger partial charge in [-0.3, -0.25) is 0 Å². The predicted molar refractivity (Wildman–Crippen MR) is 103 cm³/mol. The summed E-state index contributed by atoms with van der Waals surface area (Å²) in [5.74, 6) is 0.829. The van der Waals surface area contributed by atoms with E-state index in [4.69, 9.17) is 9.47 Å². The largest absolute Gasteiger partial charge is 0.493 e. The second-order valence-electron chi connectivity index (χ2n) is 5.91. The van der Waals surface area contributed by atoms with Crippen molar-refractivity contribution >= 4 is 21.1 Å². The number of nitrogens with one attached hydrogen (secondary N) is 1. The van der Waals surface area contributed by atoms with Gasteiger partial charge >= 0.3 is 0 Å². The normalized spacial score (nSPS) is 11.5. The van der Waals surface area contributed by atoms with E-state index in [1.54, 1.807) is 6.07 Å². The summed E-state index contributed by atoms with van der Waals surface area (Å²) in [5.41, 5.74) is 3.17. The zero-order chi connectivity index (χ0) is 19.4. The maximum Gasteiger partial charge on any atom is 0.240 e. The minimum absolute atomic E-state index is 0.112. The summed E-state index contributed by atoms with van der Waals surface area (Å²) in [4.78, 5) is 9.22. The van der Waals surface area contributed by atoms with Gasteiger partial charge in [0.05, 0.1) is 41.5 Å². The second kappa shape index (κ2) is 7.89. The fourth-order valence-electron chi connectivity index (χ4n) is 2.73. The summed E-state index contributed by atoms with van der Waals surface area (Å²) < 4.78 is 38.0. The molecular formula is C19H21N3O4S. The smallest absolute Gasteiger partial charge is 0.240 e. The Hall–Kier alpha value is -2.71.